The predicted molar refractivity (Wildman–Crippen MR) is 180 cm³/mol. The Kier molecular flexibility index (Phi) is 10.4. The summed E-state index contributed by atoms with van der Waals surface area (Å²) in [6, 6.07) is 26.1. The van der Waals surface area contributed by atoms with Crippen molar-refractivity contribution in [3.8, 4) is 0 Å². The molecule has 2 saturated heterocycles. The molecule has 0 aromatic heterocycles. The first kappa shape index (κ1) is 32.5. The molecule has 5 rings (SSSR count). The summed E-state index contributed by atoms with van der Waals surface area (Å²) in [5.74, 6) is 0.237. The molecule has 5 nitrogen and oxygen atoms in total. The SMILES string of the molecule is CC(C)C(=O)N(C)C1(c2ccccc2)CCN(CCCC2(c3ccc(Cl)c(Cl)c3)CCCN(C(=O)c3ccccc3)C2)CC1. The van der Waals surface area contributed by atoms with Crippen LogP contribution < -0.4 is 0 Å². The van der Waals surface area contributed by atoms with Gasteiger partial charge < -0.3 is 14.7 Å². The van der Waals surface area contributed by atoms with Crippen LogP contribution in [0.25, 0.3) is 0 Å². The highest BCUT2D eigenvalue weighted by Gasteiger charge is 2.43. The van der Waals surface area contributed by atoms with E-state index in [0.29, 0.717) is 16.6 Å². The number of carbonyl (C=O) groups excluding carboxylic acids is 2. The minimum absolute atomic E-state index is 0.0417. The number of piperidine rings is 2. The zero-order valence-electron chi connectivity index (χ0n) is 26.3. The topological polar surface area (TPSA) is 43.9 Å². The van der Waals surface area contributed by atoms with Crippen LogP contribution in [0.2, 0.25) is 10.0 Å². The van der Waals surface area contributed by atoms with E-state index in [1.54, 1.807) is 0 Å². The summed E-state index contributed by atoms with van der Waals surface area (Å²) in [7, 11) is 1.98. The molecule has 2 heterocycles. The maximum atomic E-state index is 13.5. The lowest BCUT2D eigenvalue weighted by Gasteiger charge is -2.49. The van der Waals surface area contributed by atoms with Gasteiger partial charge in [-0.2, -0.15) is 0 Å². The lowest BCUT2D eigenvalue weighted by molar-refractivity contribution is -0.141. The number of benzene rings is 3. The van der Waals surface area contributed by atoms with Gasteiger partial charge in [-0.15, -0.1) is 0 Å². The molecule has 2 aliphatic heterocycles. The van der Waals surface area contributed by atoms with Gasteiger partial charge in [-0.25, -0.2) is 0 Å². The van der Waals surface area contributed by atoms with Gasteiger partial charge in [0.25, 0.3) is 5.91 Å². The molecule has 2 aliphatic rings. The third-order valence-corrected chi connectivity index (χ3v) is 10.7. The number of carbonyl (C=O) groups is 2. The van der Waals surface area contributed by atoms with E-state index in [2.05, 4.69) is 35.2 Å². The van der Waals surface area contributed by atoms with E-state index in [1.807, 2.05) is 79.2 Å². The van der Waals surface area contributed by atoms with Gasteiger partial charge in [0, 0.05) is 50.1 Å². The van der Waals surface area contributed by atoms with Crippen molar-refractivity contribution in [3.63, 3.8) is 0 Å². The summed E-state index contributed by atoms with van der Waals surface area (Å²) >= 11 is 12.9. The maximum absolute atomic E-state index is 13.5. The number of hydrogen-bond acceptors (Lipinski definition) is 3. The molecule has 1 unspecified atom stereocenters. The highest BCUT2D eigenvalue weighted by atomic mass is 35.5. The first-order valence-corrected chi connectivity index (χ1v) is 16.8. The smallest absolute Gasteiger partial charge is 0.253 e. The Morgan fingerprint density at radius 1 is 0.841 bits per heavy atom. The van der Waals surface area contributed by atoms with Gasteiger partial charge in [-0.3, -0.25) is 9.59 Å². The lowest BCUT2D eigenvalue weighted by atomic mass is 9.70. The van der Waals surface area contributed by atoms with E-state index in [9.17, 15) is 9.59 Å². The van der Waals surface area contributed by atoms with Crippen LogP contribution >= 0.6 is 23.2 Å². The Morgan fingerprint density at radius 3 is 2.14 bits per heavy atom. The fourth-order valence-electron chi connectivity index (χ4n) is 7.43. The molecule has 1 atom stereocenters. The number of likely N-dealkylation sites (tertiary alicyclic amines) is 2. The van der Waals surface area contributed by atoms with E-state index in [4.69, 9.17) is 23.2 Å². The van der Waals surface area contributed by atoms with Gasteiger partial charge in [-0.05, 0) is 80.5 Å². The standard InChI is InChI=1S/C37H45Cl2N3O2/c1-28(2)34(43)40(3)37(30-14-8-5-9-15-30)20-24-41(25-21-37)22-10-18-36(31-16-17-32(38)33(39)26-31)19-11-23-42(27-36)35(44)29-12-6-4-7-13-29/h4-9,12-17,26,28H,10-11,18-25,27H2,1-3H3. The zero-order valence-corrected chi connectivity index (χ0v) is 27.8. The van der Waals surface area contributed by atoms with Gasteiger partial charge in [0.05, 0.1) is 15.6 Å². The normalized spacial score (nSPS) is 20.5. The summed E-state index contributed by atoms with van der Waals surface area (Å²) in [6.45, 7) is 8.23. The van der Waals surface area contributed by atoms with Crippen LogP contribution in [0.4, 0.5) is 0 Å². The van der Waals surface area contributed by atoms with Crippen LogP contribution in [0.3, 0.4) is 0 Å². The number of halogens is 2. The molecule has 234 valence electrons. The van der Waals surface area contributed by atoms with Crippen molar-refractivity contribution in [2.75, 3.05) is 39.8 Å². The average molecular weight is 635 g/mol. The summed E-state index contributed by atoms with van der Waals surface area (Å²) in [6.07, 6.45) is 5.72. The zero-order chi connectivity index (χ0) is 31.3. The molecule has 0 bridgehead atoms. The van der Waals surface area contributed by atoms with Crippen molar-refractivity contribution in [2.24, 2.45) is 5.92 Å². The van der Waals surface area contributed by atoms with Crippen molar-refractivity contribution in [1.29, 1.82) is 0 Å². The van der Waals surface area contributed by atoms with Gasteiger partial charge >= 0.3 is 0 Å². The molecule has 3 aromatic carbocycles. The largest absolute Gasteiger partial charge is 0.338 e. The third-order valence-electron chi connectivity index (χ3n) is 10.0. The minimum atomic E-state index is -0.290. The number of amides is 2. The summed E-state index contributed by atoms with van der Waals surface area (Å²) in [4.78, 5) is 33.3. The maximum Gasteiger partial charge on any atom is 0.253 e. The van der Waals surface area contributed by atoms with Crippen LogP contribution in [0.1, 0.15) is 73.9 Å². The summed E-state index contributed by atoms with van der Waals surface area (Å²) in [5, 5.41) is 1.11. The lowest BCUT2D eigenvalue weighted by Crippen LogP contribution is -2.54. The Labute approximate surface area is 273 Å². The van der Waals surface area contributed by atoms with E-state index in [1.165, 1.54) is 5.56 Å². The molecule has 0 radical (unpaired) electrons. The summed E-state index contributed by atoms with van der Waals surface area (Å²) in [5.41, 5.74) is 2.63. The molecule has 2 fully saturated rings. The van der Waals surface area contributed by atoms with Crippen molar-refractivity contribution in [1.82, 2.24) is 14.7 Å². The number of nitrogens with zero attached hydrogens (tertiary/aromatic N) is 3. The van der Waals surface area contributed by atoms with Crippen LogP contribution in [0, 0.1) is 5.92 Å². The highest BCUT2D eigenvalue weighted by molar-refractivity contribution is 6.42. The van der Waals surface area contributed by atoms with Crippen LogP contribution in [-0.4, -0.2) is 66.3 Å². The quantitative estimate of drug-likeness (QED) is 0.239. The van der Waals surface area contributed by atoms with Gasteiger partial charge in [0.15, 0.2) is 0 Å². The predicted octanol–water partition coefficient (Wildman–Crippen LogP) is 8.05. The first-order chi connectivity index (χ1) is 21.1. The molecule has 0 aliphatic carbocycles. The fraction of sp³-hybridized carbons (Fsp3) is 0.459. The second-order valence-electron chi connectivity index (χ2n) is 13.0. The van der Waals surface area contributed by atoms with E-state index < -0.39 is 0 Å². The average Bonchev–Trinajstić information content (AvgIpc) is 3.06. The molecular weight excluding hydrogens is 589 g/mol. The number of hydrogen-bond donors (Lipinski definition) is 0. The molecule has 0 saturated carbocycles. The third kappa shape index (κ3) is 6.85. The fourth-order valence-corrected chi connectivity index (χ4v) is 7.73. The monoisotopic (exact) mass is 633 g/mol. The Hall–Kier alpha value is -2.86. The van der Waals surface area contributed by atoms with Gasteiger partial charge in [0.1, 0.15) is 0 Å². The van der Waals surface area contributed by atoms with Crippen molar-refractivity contribution < 1.29 is 9.59 Å². The van der Waals surface area contributed by atoms with E-state index in [0.717, 1.165) is 75.8 Å². The van der Waals surface area contributed by atoms with Crippen LogP contribution in [-0.2, 0) is 15.7 Å². The molecule has 0 N–H and O–H groups in total. The van der Waals surface area contributed by atoms with Crippen molar-refractivity contribution >= 4 is 35.0 Å². The molecular formula is C37H45Cl2N3O2. The van der Waals surface area contributed by atoms with Crippen LogP contribution in [0.5, 0.6) is 0 Å². The van der Waals surface area contributed by atoms with E-state index >= 15 is 0 Å². The van der Waals surface area contributed by atoms with Crippen molar-refractivity contribution in [2.45, 2.75) is 63.3 Å². The van der Waals surface area contributed by atoms with E-state index in [-0.39, 0.29) is 28.7 Å². The first-order valence-electron chi connectivity index (χ1n) is 16.0. The van der Waals surface area contributed by atoms with Crippen LogP contribution in [0.15, 0.2) is 78.9 Å². The second kappa shape index (κ2) is 14.1. The highest BCUT2D eigenvalue weighted by Crippen LogP contribution is 2.42. The number of rotatable bonds is 9. The molecule has 2 amide bonds. The van der Waals surface area contributed by atoms with Crippen molar-refractivity contribution in [3.05, 3.63) is 106 Å². The minimum Gasteiger partial charge on any atom is -0.338 e. The van der Waals surface area contributed by atoms with Gasteiger partial charge in [-0.1, -0.05) is 91.6 Å². The summed E-state index contributed by atoms with van der Waals surface area (Å²) < 4.78 is 0. The molecule has 3 aromatic rings. The molecule has 44 heavy (non-hydrogen) atoms. The van der Waals surface area contributed by atoms with Gasteiger partial charge in [0.2, 0.25) is 5.91 Å². The second-order valence-corrected chi connectivity index (χ2v) is 13.8. The Bertz CT molecular complexity index is 1420. The molecule has 7 heteroatoms. The molecule has 0 spiro atoms. The Morgan fingerprint density at radius 2 is 1.50 bits per heavy atom. The Balaban J connectivity index is 1.30.